The van der Waals surface area contributed by atoms with Gasteiger partial charge in [-0.1, -0.05) is 12.1 Å². The van der Waals surface area contributed by atoms with Gasteiger partial charge in [-0.05, 0) is 38.4 Å². The fourth-order valence-electron chi connectivity index (χ4n) is 2.87. The number of nitrogens with zero attached hydrogens (tertiary/aromatic N) is 2. The Hall–Kier alpha value is -2.21. The number of para-hydroxylation sites is 1. The Balaban J connectivity index is 2.02. The fourth-order valence-corrected chi connectivity index (χ4v) is 2.87. The number of likely N-dealkylation sites (N-methyl/N-ethyl adjacent to an activating group) is 1. The average Bonchev–Trinajstić information content (AvgIpc) is 2.94. The molecule has 1 unspecified atom stereocenters. The Labute approximate surface area is 136 Å². The maximum atomic E-state index is 12.3. The molecule has 1 N–H and O–H groups in total. The molecule has 6 nitrogen and oxygen atoms in total. The topological polar surface area (TPSA) is 69.7 Å². The SMILES string of the molecule is CC(=O)c1ccccc1NC(=O)CN1CCCC1C(=O)N(C)C. The molecule has 2 amide bonds. The summed E-state index contributed by atoms with van der Waals surface area (Å²) in [6.45, 7) is 2.35. The minimum absolute atomic E-state index is 0.0273. The van der Waals surface area contributed by atoms with Gasteiger partial charge in [0.05, 0.1) is 18.3 Å². The van der Waals surface area contributed by atoms with Crippen molar-refractivity contribution < 1.29 is 14.4 Å². The molecule has 0 aliphatic carbocycles. The summed E-state index contributed by atoms with van der Waals surface area (Å²) < 4.78 is 0. The number of hydrogen-bond acceptors (Lipinski definition) is 4. The molecule has 2 rings (SSSR count). The van der Waals surface area contributed by atoms with Crippen molar-refractivity contribution in [1.29, 1.82) is 0 Å². The third-order valence-corrected chi connectivity index (χ3v) is 4.02. The van der Waals surface area contributed by atoms with E-state index in [0.717, 1.165) is 19.4 Å². The number of anilines is 1. The molecule has 1 aliphatic rings. The molecule has 124 valence electrons. The van der Waals surface area contributed by atoms with Gasteiger partial charge >= 0.3 is 0 Å². The van der Waals surface area contributed by atoms with E-state index in [1.807, 2.05) is 4.90 Å². The largest absolute Gasteiger partial charge is 0.347 e. The van der Waals surface area contributed by atoms with E-state index in [1.54, 1.807) is 43.3 Å². The zero-order valence-electron chi connectivity index (χ0n) is 13.8. The Bertz CT molecular complexity index is 613. The van der Waals surface area contributed by atoms with Crippen LogP contribution in [0.1, 0.15) is 30.1 Å². The number of carbonyl (C=O) groups excluding carboxylic acids is 3. The zero-order chi connectivity index (χ0) is 17.0. The minimum atomic E-state index is -0.237. The van der Waals surface area contributed by atoms with Gasteiger partial charge in [-0.2, -0.15) is 0 Å². The molecule has 0 spiro atoms. The average molecular weight is 317 g/mol. The molecule has 1 saturated heterocycles. The van der Waals surface area contributed by atoms with Crippen LogP contribution in [-0.2, 0) is 9.59 Å². The van der Waals surface area contributed by atoms with Crippen molar-refractivity contribution in [1.82, 2.24) is 9.80 Å². The lowest BCUT2D eigenvalue weighted by atomic mass is 10.1. The fraction of sp³-hybridized carbons (Fsp3) is 0.471. The normalized spacial score (nSPS) is 17.8. The molecule has 23 heavy (non-hydrogen) atoms. The number of Topliss-reactive ketones (excluding diaryl/α,β-unsaturated/α-hetero) is 1. The van der Waals surface area contributed by atoms with Gasteiger partial charge in [0.25, 0.3) is 0 Å². The van der Waals surface area contributed by atoms with Crippen LogP contribution in [-0.4, -0.2) is 60.6 Å². The second kappa shape index (κ2) is 7.37. The van der Waals surface area contributed by atoms with Crippen molar-refractivity contribution in [3.05, 3.63) is 29.8 Å². The molecular formula is C17H23N3O3. The second-order valence-electron chi connectivity index (χ2n) is 6.01. The Morgan fingerprint density at radius 2 is 1.96 bits per heavy atom. The van der Waals surface area contributed by atoms with Crippen LogP contribution in [0, 0.1) is 0 Å². The first-order valence-electron chi connectivity index (χ1n) is 7.75. The standard InChI is InChI=1S/C17H23N3O3/c1-12(21)13-7-4-5-8-14(13)18-16(22)11-20-10-6-9-15(20)17(23)19(2)3/h4-5,7-8,15H,6,9-11H2,1-3H3,(H,18,22). The van der Waals surface area contributed by atoms with Gasteiger partial charge in [-0.3, -0.25) is 19.3 Å². The van der Waals surface area contributed by atoms with Crippen molar-refractivity contribution in [2.24, 2.45) is 0 Å². The summed E-state index contributed by atoms with van der Waals surface area (Å²) in [5.41, 5.74) is 1.00. The summed E-state index contributed by atoms with van der Waals surface area (Å²) in [4.78, 5) is 39.5. The highest BCUT2D eigenvalue weighted by Gasteiger charge is 2.32. The third-order valence-electron chi connectivity index (χ3n) is 4.02. The molecule has 1 aromatic carbocycles. The quantitative estimate of drug-likeness (QED) is 0.833. The lowest BCUT2D eigenvalue weighted by Gasteiger charge is -2.25. The van der Waals surface area contributed by atoms with E-state index in [4.69, 9.17) is 0 Å². The first kappa shape index (κ1) is 17.1. The van der Waals surface area contributed by atoms with Gasteiger partial charge in [0, 0.05) is 19.7 Å². The van der Waals surface area contributed by atoms with E-state index < -0.39 is 0 Å². The predicted octanol–water partition coefficient (Wildman–Crippen LogP) is 1.38. The van der Waals surface area contributed by atoms with Crippen LogP contribution >= 0.6 is 0 Å². The summed E-state index contributed by atoms with van der Waals surface area (Å²) in [5.74, 6) is -0.278. The van der Waals surface area contributed by atoms with Gasteiger partial charge in [-0.15, -0.1) is 0 Å². The van der Waals surface area contributed by atoms with E-state index in [2.05, 4.69) is 5.32 Å². The molecule has 0 saturated carbocycles. The highest BCUT2D eigenvalue weighted by atomic mass is 16.2. The van der Waals surface area contributed by atoms with Crippen molar-refractivity contribution >= 4 is 23.3 Å². The van der Waals surface area contributed by atoms with Crippen LogP contribution < -0.4 is 5.32 Å². The van der Waals surface area contributed by atoms with Crippen LogP contribution in [0.2, 0.25) is 0 Å². The predicted molar refractivity (Wildman–Crippen MR) is 88.4 cm³/mol. The molecule has 0 bridgehead atoms. The van der Waals surface area contributed by atoms with Crippen molar-refractivity contribution in [3.8, 4) is 0 Å². The van der Waals surface area contributed by atoms with Crippen LogP contribution in [0.4, 0.5) is 5.69 Å². The first-order valence-corrected chi connectivity index (χ1v) is 7.75. The summed E-state index contributed by atoms with van der Waals surface area (Å²) in [6, 6.07) is 6.70. The smallest absolute Gasteiger partial charge is 0.239 e. The summed E-state index contributed by atoms with van der Waals surface area (Å²) in [6.07, 6.45) is 1.68. The molecule has 1 aliphatic heterocycles. The Morgan fingerprint density at radius 3 is 2.61 bits per heavy atom. The van der Waals surface area contributed by atoms with Crippen LogP contribution in [0.3, 0.4) is 0 Å². The van der Waals surface area contributed by atoms with Crippen molar-refractivity contribution in [2.75, 3.05) is 32.5 Å². The van der Waals surface area contributed by atoms with E-state index in [9.17, 15) is 14.4 Å². The third kappa shape index (κ3) is 4.16. The van der Waals surface area contributed by atoms with Crippen LogP contribution in [0.15, 0.2) is 24.3 Å². The second-order valence-corrected chi connectivity index (χ2v) is 6.01. The van der Waals surface area contributed by atoms with Crippen LogP contribution in [0.5, 0.6) is 0 Å². The van der Waals surface area contributed by atoms with E-state index in [-0.39, 0.29) is 30.2 Å². The van der Waals surface area contributed by atoms with Crippen molar-refractivity contribution in [2.45, 2.75) is 25.8 Å². The Morgan fingerprint density at radius 1 is 1.26 bits per heavy atom. The number of benzene rings is 1. The number of likely N-dealkylation sites (tertiary alicyclic amines) is 1. The maximum absolute atomic E-state index is 12.3. The number of hydrogen-bond donors (Lipinski definition) is 1. The highest BCUT2D eigenvalue weighted by Crippen LogP contribution is 2.19. The van der Waals surface area contributed by atoms with E-state index in [1.165, 1.54) is 6.92 Å². The highest BCUT2D eigenvalue weighted by molar-refractivity contribution is 6.04. The summed E-state index contributed by atoms with van der Waals surface area (Å²) in [5, 5.41) is 2.78. The van der Waals surface area contributed by atoms with Gasteiger partial charge in [0.1, 0.15) is 0 Å². The first-order chi connectivity index (χ1) is 10.9. The molecule has 1 aromatic rings. The molecule has 0 radical (unpaired) electrons. The monoisotopic (exact) mass is 317 g/mol. The number of ketones is 1. The molecule has 1 fully saturated rings. The molecular weight excluding hydrogens is 294 g/mol. The van der Waals surface area contributed by atoms with Crippen LogP contribution in [0.25, 0.3) is 0 Å². The van der Waals surface area contributed by atoms with Gasteiger partial charge < -0.3 is 10.2 Å². The van der Waals surface area contributed by atoms with Gasteiger partial charge in [0.15, 0.2) is 5.78 Å². The lowest BCUT2D eigenvalue weighted by Crippen LogP contribution is -2.45. The molecule has 1 heterocycles. The summed E-state index contributed by atoms with van der Waals surface area (Å²) in [7, 11) is 3.45. The van der Waals surface area contributed by atoms with E-state index >= 15 is 0 Å². The minimum Gasteiger partial charge on any atom is -0.347 e. The molecule has 6 heteroatoms. The number of rotatable bonds is 5. The van der Waals surface area contributed by atoms with Gasteiger partial charge in [0.2, 0.25) is 11.8 Å². The molecule has 1 atom stereocenters. The number of amides is 2. The summed E-state index contributed by atoms with van der Waals surface area (Å²) >= 11 is 0. The zero-order valence-corrected chi connectivity index (χ0v) is 13.8. The lowest BCUT2D eigenvalue weighted by molar-refractivity contribution is -0.133. The number of nitrogens with one attached hydrogen (secondary N) is 1. The number of carbonyl (C=O) groups is 3. The van der Waals surface area contributed by atoms with Gasteiger partial charge in [-0.25, -0.2) is 0 Å². The van der Waals surface area contributed by atoms with E-state index in [0.29, 0.717) is 11.3 Å². The Kier molecular flexibility index (Phi) is 5.50. The molecule has 0 aromatic heterocycles. The maximum Gasteiger partial charge on any atom is 0.239 e. The van der Waals surface area contributed by atoms with Crippen molar-refractivity contribution in [3.63, 3.8) is 0 Å².